The third-order valence-corrected chi connectivity index (χ3v) is 8.79. The number of aromatic nitrogens is 3. The normalized spacial score (nSPS) is 17.0. The van der Waals surface area contributed by atoms with Crippen LogP contribution in [0.1, 0.15) is 41.0 Å². The number of anilines is 1. The second-order valence-corrected chi connectivity index (χ2v) is 12.6. The Morgan fingerprint density at radius 3 is 2.55 bits per heavy atom. The summed E-state index contributed by atoms with van der Waals surface area (Å²) in [5.74, 6) is -3.93. The lowest BCUT2D eigenvalue weighted by molar-refractivity contribution is -0.137. The van der Waals surface area contributed by atoms with Crippen LogP contribution in [0.15, 0.2) is 61.1 Å². The lowest BCUT2D eigenvalue weighted by Gasteiger charge is -2.38. The van der Waals surface area contributed by atoms with E-state index in [2.05, 4.69) is 15.6 Å². The zero-order valence-corrected chi connectivity index (χ0v) is 26.5. The summed E-state index contributed by atoms with van der Waals surface area (Å²) >= 11 is 0. The number of aryl methyl sites for hydroxylation is 1. The Bertz CT molecular complexity index is 2180. The summed E-state index contributed by atoms with van der Waals surface area (Å²) in [5.41, 5.74) is -0.959. The number of pyridine rings is 1. The monoisotopic (exact) mass is 679 g/mol. The van der Waals surface area contributed by atoms with E-state index in [1.807, 2.05) is 6.92 Å². The molecule has 9 nitrogen and oxygen atoms in total. The lowest BCUT2D eigenvalue weighted by Crippen LogP contribution is -2.58. The maximum atomic E-state index is 15.2. The zero-order valence-electron chi connectivity index (χ0n) is 26.5. The van der Waals surface area contributed by atoms with Gasteiger partial charge in [-0.1, -0.05) is 12.1 Å². The van der Waals surface area contributed by atoms with Gasteiger partial charge in [-0.25, -0.2) is 13.8 Å². The summed E-state index contributed by atoms with van der Waals surface area (Å²) in [4.78, 5) is 30.6. The molecule has 7 rings (SSSR count). The molecule has 1 fully saturated rings. The second kappa shape index (κ2) is 11.8. The summed E-state index contributed by atoms with van der Waals surface area (Å²) in [6.45, 7) is 5.06. The smallest absolute Gasteiger partial charge is 0.417 e. The number of ketones is 1. The van der Waals surface area contributed by atoms with Crippen molar-refractivity contribution in [2.75, 3.05) is 25.1 Å². The number of nitrogens with one attached hydrogen (secondary N) is 2. The van der Waals surface area contributed by atoms with Crippen LogP contribution in [0.2, 0.25) is 0 Å². The highest BCUT2D eigenvalue weighted by atomic mass is 19.4. The van der Waals surface area contributed by atoms with Gasteiger partial charge in [-0.3, -0.25) is 9.59 Å². The van der Waals surface area contributed by atoms with Gasteiger partial charge in [-0.15, -0.1) is 0 Å². The molecule has 254 valence electrons. The Morgan fingerprint density at radius 2 is 1.88 bits per heavy atom. The Kier molecular flexibility index (Phi) is 7.82. The van der Waals surface area contributed by atoms with Gasteiger partial charge in [0.15, 0.2) is 5.75 Å². The van der Waals surface area contributed by atoms with Gasteiger partial charge in [0, 0.05) is 49.0 Å². The average Bonchev–Trinajstić information content (AvgIpc) is 3.58. The molecule has 0 spiro atoms. The number of hydrogen-bond acceptors (Lipinski definition) is 6. The molecule has 1 unspecified atom stereocenters. The summed E-state index contributed by atoms with van der Waals surface area (Å²) in [6, 6.07) is 7.15. The van der Waals surface area contributed by atoms with Gasteiger partial charge in [0.05, 0.1) is 47.4 Å². The van der Waals surface area contributed by atoms with E-state index in [4.69, 9.17) is 9.47 Å². The average molecular weight is 680 g/mol. The van der Waals surface area contributed by atoms with E-state index < -0.39 is 46.9 Å². The van der Waals surface area contributed by atoms with Gasteiger partial charge in [-0.05, 0) is 49.7 Å². The van der Waals surface area contributed by atoms with Crippen LogP contribution in [0.25, 0.3) is 27.7 Å². The maximum Gasteiger partial charge on any atom is 0.417 e. The predicted octanol–water partition coefficient (Wildman–Crippen LogP) is 6.22. The van der Waals surface area contributed by atoms with E-state index >= 15 is 8.78 Å². The fourth-order valence-corrected chi connectivity index (χ4v) is 6.38. The van der Waals surface area contributed by atoms with Crippen LogP contribution in [0.3, 0.4) is 0 Å². The van der Waals surface area contributed by atoms with Crippen molar-refractivity contribution in [1.82, 2.24) is 19.3 Å². The van der Waals surface area contributed by atoms with Gasteiger partial charge in [-0.2, -0.15) is 13.2 Å². The highest BCUT2D eigenvalue weighted by Gasteiger charge is 2.39. The number of rotatable bonds is 7. The van der Waals surface area contributed by atoms with Gasteiger partial charge in [0.25, 0.3) is 0 Å². The third-order valence-electron chi connectivity index (χ3n) is 8.79. The van der Waals surface area contributed by atoms with Crippen LogP contribution >= 0.6 is 0 Å². The lowest BCUT2D eigenvalue weighted by atomic mass is 9.93. The number of nitrogens with zero attached hydrogens (tertiary/aromatic N) is 3. The van der Waals surface area contributed by atoms with Crippen LogP contribution in [0.4, 0.5) is 27.6 Å². The second-order valence-electron chi connectivity index (χ2n) is 12.6. The molecule has 3 aromatic heterocycles. The molecule has 49 heavy (non-hydrogen) atoms. The molecule has 0 aliphatic carbocycles. The molecule has 2 aliphatic heterocycles. The van der Waals surface area contributed by atoms with Crippen molar-refractivity contribution in [2.45, 2.75) is 38.1 Å². The molecule has 5 heterocycles. The third kappa shape index (κ3) is 5.74. The van der Waals surface area contributed by atoms with Crippen molar-refractivity contribution in [2.24, 2.45) is 7.05 Å². The summed E-state index contributed by atoms with van der Waals surface area (Å²) < 4.78 is 88.6. The molecule has 0 saturated carbocycles. The number of amides is 1. The quantitative estimate of drug-likeness (QED) is 0.121. The predicted molar refractivity (Wildman–Crippen MR) is 171 cm³/mol. The largest absolute Gasteiger partial charge is 0.487 e. The van der Waals surface area contributed by atoms with E-state index in [1.54, 1.807) is 14.0 Å². The molecule has 2 aromatic carbocycles. The molecule has 0 radical (unpaired) electrons. The SMILES string of the molecule is CC1Cc2cc(C(=O)c3cc(F)c(NC(=O)/C=C/CNC4(C)COC4)c(F)c3)n3cccc(c23)-c2c(C(F)(F)F)cc3c(ncn3C)c2O1. The first kappa shape index (κ1) is 32.5. The van der Waals surface area contributed by atoms with Gasteiger partial charge in [0.1, 0.15) is 28.9 Å². The van der Waals surface area contributed by atoms with Crippen LogP contribution in [-0.4, -0.2) is 57.0 Å². The molecular weight excluding hydrogens is 649 g/mol. The molecule has 2 N–H and O–H groups in total. The van der Waals surface area contributed by atoms with E-state index in [9.17, 15) is 22.8 Å². The van der Waals surface area contributed by atoms with Crippen LogP contribution in [0, 0.1) is 11.6 Å². The maximum absolute atomic E-state index is 15.2. The molecule has 2 aliphatic rings. The Balaban J connectivity index is 1.25. The first-order chi connectivity index (χ1) is 23.2. The molecule has 0 bridgehead atoms. The van der Waals surface area contributed by atoms with Crippen molar-refractivity contribution >= 4 is 33.9 Å². The fourth-order valence-electron chi connectivity index (χ4n) is 6.38. The first-order valence-electron chi connectivity index (χ1n) is 15.4. The summed E-state index contributed by atoms with van der Waals surface area (Å²) in [5, 5.41) is 5.36. The summed E-state index contributed by atoms with van der Waals surface area (Å²) in [6.07, 6.45) is 0.376. The number of alkyl halides is 3. The number of benzene rings is 2. The minimum atomic E-state index is -4.77. The van der Waals surface area contributed by atoms with Gasteiger partial charge in [0.2, 0.25) is 11.7 Å². The number of ether oxygens (including phenoxy) is 2. The number of hydrogen-bond donors (Lipinski definition) is 2. The van der Waals surface area contributed by atoms with Gasteiger partial charge < -0.3 is 29.1 Å². The highest BCUT2D eigenvalue weighted by molar-refractivity contribution is 6.10. The number of halogens is 5. The van der Waals surface area contributed by atoms with Gasteiger partial charge >= 0.3 is 6.18 Å². The minimum Gasteiger partial charge on any atom is -0.487 e. The standard InChI is InChI=1S/C35H30F5N5O4/c1-18-10-19-13-26(32(47)20-11-23(36)29(24(37)12-20)43-27(46)7-4-8-42-34(2)15-48-16-34)45-9-5-6-21(31(19)45)28-22(35(38,39)40)14-25-30(33(28)49-18)41-17-44(25)3/h4-7,9,11-14,17-18,42H,8,10,15-16H2,1-3H3,(H,43,46)/b7-4+. The number of imidazole rings is 1. The molecule has 5 aromatic rings. The molecule has 14 heteroatoms. The zero-order chi connectivity index (χ0) is 34.8. The molecule has 1 atom stereocenters. The molecule has 1 saturated heterocycles. The van der Waals surface area contributed by atoms with E-state index in [1.165, 1.54) is 45.8 Å². The Labute approximate surface area is 276 Å². The Morgan fingerprint density at radius 1 is 1.14 bits per heavy atom. The van der Waals surface area contributed by atoms with Crippen LogP contribution in [0.5, 0.6) is 5.75 Å². The summed E-state index contributed by atoms with van der Waals surface area (Å²) in [7, 11) is 1.59. The number of carbonyl (C=O) groups is 2. The Hall–Kier alpha value is -5.08. The van der Waals surface area contributed by atoms with Crippen LogP contribution < -0.4 is 15.4 Å². The number of carbonyl (C=O) groups excluding carboxylic acids is 2. The number of fused-ring (bicyclic) bond motifs is 4. The highest BCUT2D eigenvalue weighted by Crippen LogP contribution is 2.49. The van der Waals surface area contributed by atoms with Crippen molar-refractivity contribution in [3.8, 4) is 16.9 Å². The van der Waals surface area contributed by atoms with E-state index in [0.29, 0.717) is 30.8 Å². The van der Waals surface area contributed by atoms with Crippen molar-refractivity contribution in [3.05, 3.63) is 95.1 Å². The topological polar surface area (TPSA) is 98.9 Å². The van der Waals surface area contributed by atoms with Crippen molar-refractivity contribution in [3.63, 3.8) is 0 Å². The van der Waals surface area contributed by atoms with Crippen molar-refractivity contribution < 1.29 is 41.0 Å². The molecule has 1 amide bonds. The van der Waals surface area contributed by atoms with E-state index in [0.717, 1.165) is 24.3 Å². The molecular formula is C35H30F5N5O4. The van der Waals surface area contributed by atoms with Crippen LogP contribution in [-0.2, 0) is 29.2 Å². The van der Waals surface area contributed by atoms with E-state index in [-0.39, 0.29) is 51.1 Å². The first-order valence-corrected chi connectivity index (χ1v) is 15.4. The minimum absolute atomic E-state index is 0.0217. The van der Waals surface area contributed by atoms with Crippen molar-refractivity contribution in [1.29, 1.82) is 0 Å². The fraction of sp³-hybridized carbons (Fsp3) is 0.286.